The lowest BCUT2D eigenvalue weighted by Gasteiger charge is -2.26. The van der Waals surface area contributed by atoms with Crippen molar-refractivity contribution in [2.24, 2.45) is 0 Å². The van der Waals surface area contributed by atoms with Gasteiger partial charge in [-0.15, -0.1) is 11.3 Å². The molecule has 0 bridgehead atoms. The van der Waals surface area contributed by atoms with E-state index in [2.05, 4.69) is 31.5 Å². The van der Waals surface area contributed by atoms with E-state index in [0.717, 1.165) is 44.1 Å². The molecule has 0 radical (unpaired) electrons. The van der Waals surface area contributed by atoms with Crippen molar-refractivity contribution >= 4 is 28.7 Å². The summed E-state index contributed by atoms with van der Waals surface area (Å²) in [4.78, 5) is 22.9. The average Bonchev–Trinajstić information content (AvgIpc) is 3.26. The van der Waals surface area contributed by atoms with Gasteiger partial charge in [0.15, 0.2) is 5.82 Å². The zero-order valence-corrected chi connectivity index (χ0v) is 14.5. The van der Waals surface area contributed by atoms with Gasteiger partial charge in [0.25, 0.3) is 0 Å². The Morgan fingerprint density at radius 2 is 2.12 bits per heavy atom. The Morgan fingerprint density at radius 3 is 3.00 bits per heavy atom. The van der Waals surface area contributed by atoms with Crippen LogP contribution in [0, 0.1) is 0 Å². The molecule has 0 atom stereocenters. The number of nitrogens with zero attached hydrogens (tertiary/aromatic N) is 3. The minimum absolute atomic E-state index is 0.0436. The third-order valence-electron chi connectivity index (χ3n) is 4.72. The van der Waals surface area contributed by atoms with Gasteiger partial charge in [0.1, 0.15) is 0 Å². The molecule has 4 rings (SSSR count). The van der Waals surface area contributed by atoms with Crippen molar-refractivity contribution in [1.29, 1.82) is 0 Å². The van der Waals surface area contributed by atoms with Crippen molar-refractivity contribution in [3.05, 3.63) is 40.2 Å². The molecular weight excluding hydrogens is 320 g/mol. The van der Waals surface area contributed by atoms with Crippen LogP contribution >= 0.6 is 11.3 Å². The molecule has 5 nitrogen and oxygen atoms in total. The van der Waals surface area contributed by atoms with E-state index >= 15 is 0 Å². The van der Waals surface area contributed by atoms with Gasteiger partial charge in [-0.25, -0.2) is 4.98 Å². The van der Waals surface area contributed by atoms with Crippen molar-refractivity contribution in [1.82, 2.24) is 9.88 Å². The summed E-state index contributed by atoms with van der Waals surface area (Å²) in [6, 6.07) is 6.01. The van der Waals surface area contributed by atoms with Gasteiger partial charge in [0, 0.05) is 37.3 Å². The van der Waals surface area contributed by atoms with E-state index < -0.39 is 0 Å². The summed E-state index contributed by atoms with van der Waals surface area (Å²) in [5.41, 5.74) is 2.20. The minimum Gasteiger partial charge on any atom is -0.355 e. The number of fused-ring (bicyclic) bond motifs is 1. The quantitative estimate of drug-likeness (QED) is 0.928. The number of anilines is 2. The summed E-state index contributed by atoms with van der Waals surface area (Å²) in [6.07, 6.45) is 5.24. The number of pyridine rings is 1. The van der Waals surface area contributed by atoms with Gasteiger partial charge in [0.2, 0.25) is 5.91 Å². The van der Waals surface area contributed by atoms with Crippen LogP contribution in [0.25, 0.3) is 0 Å². The monoisotopic (exact) mass is 342 g/mol. The number of thiophene rings is 1. The standard InChI is InChI=1S/C18H22N4OS/c23-17(13-21-10-5-16-14(12-21)6-11-24-16)20-15-4-3-7-19-18(15)22-8-1-2-9-22/h3-4,6-7,11H,1-2,5,8-10,12-13H2,(H,20,23). The van der Waals surface area contributed by atoms with Crippen molar-refractivity contribution in [2.45, 2.75) is 25.8 Å². The molecule has 6 heteroatoms. The van der Waals surface area contributed by atoms with Crippen molar-refractivity contribution < 1.29 is 4.79 Å². The maximum absolute atomic E-state index is 12.5. The van der Waals surface area contributed by atoms with Crippen LogP contribution < -0.4 is 10.2 Å². The molecular formula is C18H22N4OS. The molecule has 0 unspecified atom stereocenters. The number of carbonyl (C=O) groups is 1. The number of rotatable bonds is 4. The lowest BCUT2D eigenvalue weighted by Crippen LogP contribution is -2.36. The maximum atomic E-state index is 12.5. The van der Waals surface area contributed by atoms with Crippen LogP contribution in [-0.2, 0) is 17.8 Å². The Balaban J connectivity index is 1.40. The fraction of sp³-hybridized carbons (Fsp3) is 0.444. The second-order valence-electron chi connectivity index (χ2n) is 6.45. The van der Waals surface area contributed by atoms with E-state index in [9.17, 15) is 4.79 Å². The highest BCUT2D eigenvalue weighted by atomic mass is 32.1. The molecule has 1 saturated heterocycles. The Morgan fingerprint density at radius 1 is 1.25 bits per heavy atom. The smallest absolute Gasteiger partial charge is 0.238 e. The molecule has 2 aliphatic heterocycles. The van der Waals surface area contributed by atoms with Crippen LogP contribution in [0.3, 0.4) is 0 Å². The third-order valence-corrected chi connectivity index (χ3v) is 5.74. The number of hydrogen-bond acceptors (Lipinski definition) is 5. The highest BCUT2D eigenvalue weighted by molar-refractivity contribution is 7.10. The third kappa shape index (κ3) is 3.30. The zero-order chi connectivity index (χ0) is 16.4. The molecule has 126 valence electrons. The van der Waals surface area contributed by atoms with Crippen LogP contribution in [0.5, 0.6) is 0 Å². The molecule has 24 heavy (non-hydrogen) atoms. The van der Waals surface area contributed by atoms with Crippen molar-refractivity contribution in [3.63, 3.8) is 0 Å². The first-order valence-electron chi connectivity index (χ1n) is 8.57. The number of carbonyl (C=O) groups excluding carboxylic acids is 1. The van der Waals surface area contributed by atoms with E-state index in [1.54, 1.807) is 6.20 Å². The summed E-state index contributed by atoms with van der Waals surface area (Å²) < 4.78 is 0. The van der Waals surface area contributed by atoms with E-state index in [-0.39, 0.29) is 5.91 Å². The van der Waals surface area contributed by atoms with E-state index in [1.165, 1.54) is 23.3 Å². The van der Waals surface area contributed by atoms with E-state index in [0.29, 0.717) is 6.54 Å². The van der Waals surface area contributed by atoms with Gasteiger partial charge in [-0.1, -0.05) is 0 Å². The summed E-state index contributed by atoms with van der Waals surface area (Å²) >= 11 is 1.82. The predicted molar refractivity (Wildman–Crippen MR) is 97.6 cm³/mol. The highest BCUT2D eigenvalue weighted by Crippen LogP contribution is 2.27. The molecule has 1 amide bonds. The largest absolute Gasteiger partial charge is 0.355 e. The Bertz CT molecular complexity index is 723. The number of aromatic nitrogens is 1. The van der Waals surface area contributed by atoms with Gasteiger partial charge < -0.3 is 10.2 Å². The first-order valence-corrected chi connectivity index (χ1v) is 9.45. The molecule has 2 aliphatic rings. The summed E-state index contributed by atoms with van der Waals surface area (Å²) in [5, 5.41) is 5.22. The zero-order valence-electron chi connectivity index (χ0n) is 13.7. The summed E-state index contributed by atoms with van der Waals surface area (Å²) in [5.74, 6) is 0.948. The summed E-state index contributed by atoms with van der Waals surface area (Å²) in [6.45, 7) is 4.30. The first kappa shape index (κ1) is 15.6. The number of amides is 1. The van der Waals surface area contributed by atoms with Crippen LogP contribution in [-0.4, -0.2) is 42.0 Å². The van der Waals surface area contributed by atoms with Crippen LogP contribution in [0.4, 0.5) is 11.5 Å². The SMILES string of the molecule is O=C(CN1CCc2sccc2C1)Nc1cccnc1N1CCCC1. The molecule has 0 spiro atoms. The Hall–Kier alpha value is -1.92. The number of hydrogen-bond donors (Lipinski definition) is 1. The average molecular weight is 342 g/mol. The predicted octanol–water partition coefficient (Wildman–Crippen LogP) is 2.74. The normalized spacial score (nSPS) is 17.8. The fourth-order valence-electron chi connectivity index (χ4n) is 3.51. The van der Waals surface area contributed by atoms with Gasteiger partial charge >= 0.3 is 0 Å². The molecule has 1 fully saturated rings. The topological polar surface area (TPSA) is 48.5 Å². The van der Waals surface area contributed by atoms with Crippen LogP contribution in [0.1, 0.15) is 23.3 Å². The van der Waals surface area contributed by atoms with E-state index in [4.69, 9.17) is 0 Å². The van der Waals surface area contributed by atoms with Gasteiger partial charge in [-0.3, -0.25) is 9.69 Å². The van der Waals surface area contributed by atoms with Gasteiger partial charge in [0.05, 0.1) is 12.2 Å². The Labute approximate surface area is 146 Å². The minimum atomic E-state index is 0.0436. The lowest BCUT2D eigenvalue weighted by molar-refractivity contribution is -0.117. The van der Waals surface area contributed by atoms with Gasteiger partial charge in [-0.2, -0.15) is 0 Å². The van der Waals surface area contributed by atoms with Gasteiger partial charge in [-0.05, 0) is 48.4 Å². The maximum Gasteiger partial charge on any atom is 0.238 e. The molecule has 0 aromatic carbocycles. The molecule has 0 saturated carbocycles. The van der Waals surface area contributed by atoms with Crippen LogP contribution in [0.2, 0.25) is 0 Å². The Kier molecular flexibility index (Phi) is 4.49. The highest BCUT2D eigenvalue weighted by Gasteiger charge is 2.21. The molecule has 0 aliphatic carbocycles. The molecule has 2 aromatic rings. The van der Waals surface area contributed by atoms with Crippen LogP contribution in [0.15, 0.2) is 29.8 Å². The fourth-order valence-corrected chi connectivity index (χ4v) is 4.40. The molecule has 1 N–H and O–H groups in total. The number of nitrogens with one attached hydrogen (secondary N) is 1. The second-order valence-corrected chi connectivity index (χ2v) is 7.45. The second kappa shape index (κ2) is 6.91. The first-order chi connectivity index (χ1) is 11.8. The van der Waals surface area contributed by atoms with Crippen molar-refractivity contribution in [2.75, 3.05) is 36.4 Å². The molecule has 4 heterocycles. The summed E-state index contributed by atoms with van der Waals surface area (Å²) in [7, 11) is 0. The lowest BCUT2D eigenvalue weighted by atomic mass is 10.1. The molecule has 2 aromatic heterocycles. The van der Waals surface area contributed by atoms with E-state index in [1.807, 2.05) is 23.5 Å². The van der Waals surface area contributed by atoms with Crippen molar-refractivity contribution in [3.8, 4) is 0 Å².